The van der Waals surface area contributed by atoms with Crippen molar-refractivity contribution in [2.75, 3.05) is 0 Å². The lowest BCUT2D eigenvalue weighted by Gasteiger charge is -2.09. The maximum Gasteiger partial charge on any atom is 0.138 e. The summed E-state index contributed by atoms with van der Waals surface area (Å²) in [5, 5.41) is 9.29. The van der Waals surface area contributed by atoms with Crippen molar-refractivity contribution in [3.05, 3.63) is 71.3 Å². The average Bonchev–Trinajstić information content (AvgIpc) is 2.54. The van der Waals surface area contributed by atoms with Gasteiger partial charge in [0, 0.05) is 12.8 Å². The summed E-state index contributed by atoms with van der Waals surface area (Å²) in [4.78, 5) is 12.2. The van der Waals surface area contributed by atoms with Crippen LogP contribution in [-0.2, 0) is 11.2 Å². The van der Waals surface area contributed by atoms with Crippen molar-refractivity contribution in [1.29, 1.82) is 5.26 Å². The molecule has 1 atom stereocenters. The van der Waals surface area contributed by atoms with Gasteiger partial charge in [0.2, 0.25) is 0 Å². The third-order valence-corrected chi connectivity index (χ3v) is 3.84. The molecule has 0 aromatic heterocycles. The number of benzene rings is 2. The van der Waals surface area contributed by atoms with E-state index in [4.69, 9.17) is 0 Å². The number of hydrogen-bond acceptors (Lipinski definition) is 2. The Morgan fingerprint density at radius 1 is 1.00 bits per heavy atom. The number of Topliss-reactive ketones (excluding diaryl/α,β-unsaturated/α-hetero) is 1. The second kappa shape index (κ2) is 7.56. The largest absolute Gasteiger partial charge is 0.299 e. The van der Waals surface area contributed by atoms with Gasteiger partial charge in [-0.2, -0.15) is 5.26 Å². The van der Waals surface area contributed by atoms with Crippen LogP contribution in [0.3, 0.4) is 0 Å². The first-order valence-electron chi connectivity index (χ1n) is 7.65. The molecule has 1 unspecified atom stereocenters. The Labute approximate surface area is 132 Å². The number of rotatable bonds is 6. The van der Waals surface area contributed by atoms with Crippen molar-refractivity contribution < 1.29 is 4.79 Å². The van der Waals surface area contributed by atoms with Crippen molar-refractivity contribution in [3.63, 3.8) is 0 Å². The van der Waals surface area contributed by atoms with Crippen molar-refractivity contribution >= 4 is 5.78 Å². The van der Waals surface area contributed by atoms with Crippen LogP contribution in [0.4, 0.5) is 0 Å². The van der Waals surface area contributed by atoms with E-state index >= 15 is 0 Å². The smallest absolute Gasteiger partial charge is 0.138 e. The zero-order chi connectivity index (χ0) is 15.9. The van der Waals surface area contributed by atoms with Crippen LogP contribution in [0.15, 0.2) is 54.6 Å². The number of carbonyl (C=O) groups excluding carboxylic acids is 1. The van der Waals surface area contributed by atoms with Crippen LogP contribution >= 0.6 is 0 Å². The Morgan fingerprint density at radius 2 is 1.64 bits per heavy atom. The molecule has 2 aromatic rings. The zero-order valence-electron chi connectivity index (χ0n) is 13.1. The molecule has 0 aliphatic rings. The first kappa shape index (κ1) is 16.0. The first-order valence-corrected chi connectivity index (χ1v) is 7.65. The highest BCUT2D eigenvalue weighted by atomic mass is 16.1. The van der Waals surface area contributed by atoms with Gasteiger partial charge in [0.05, 0.1) is 12.0 Å². The van der Waals surface area contributed by atoms with Gasteiger partial charge < -0.3 is 0 Å². The molecular formula is C20H21NO. The number of nitrogens with zero attached hydrogens (tertiary/aromatic N) is 1. The Hall–Kier alpha value is -2.40. The molecule has 0 N–H and O–H groups in total. The van der Waals surface area contributed by atoms with Gasteiger partial charge in [0.15, 0.2) is 0 Å². The lowest BCUT2D eigenvalue weighted by atomic mass is 9.92. The molecule has 2 rings (SSSR count). The summed E-state index contributed by atoms with van der Waals surface area (Å²) in [6.45, 7) is 4.30. The second-order valence-electron chi connectivity index (χ2n) is 5.91. The minimum absolute atomic E-state index is 0.104. The van der Waals surface area contributed by atoms with E-state index in [0.29, 0.717) is 12.3 Å². The van der Waals surface area contributed by atoms with Gasteiger partial charge in [-0.3, -0.25) is 4.79 Å². The molecule has 0 bridgehead atoms. The highest BCUT2D eigenvalue weighted by molar-refractivity contribution is 5.82. The van der Waals surface area contributed by atoms with Gasteiger partial charge in [-0.15, -0.1) is 0 Å². The Kier molecular flexibility index (Phi) is 5.49. The van der Waals surface area contributed by atoms with Gasteiger partial charge in [-0.1, -0.05) is 68.4 Å². The zero-order valence-corrected chi connectivity index (χ0v) is 13.1. The van der Waals surface area contributed by atoms with Gasteiger partial charge in [-0.05, 0) is 22.6 Å². The van der Waals surface area contributed by atoms with Gasteiger partial charge in [0.1, 0.15) is 5.78 Å². The monoisotopic (exact) mass is 291 g/mol. The second-order valence-corrected chi connectivity index (χ2v) is 5.91. The first-order chi connectivity index (χ1) is 10.6. The number of ketones is 1. The summed E-state index contributed by atoms with van der Waals surface area (Å²) in [5.41, 5.74) is 3.20. The fourth-order valence-corrected chi connectivity index (χ4v) is 2.47. The Morgan fingerprint density at radius 3 is 2.18 bits per heavy atom. The van der Waals surface area contributed by atoms with E-state index in [2.05, 4.69) is 32.0 Å². The normalized spacial score (nSPS) is 11.9. The number of carbonyl (C=O) groups is 1. The molecule has 0 aliphatic heterocycles. The molecule has 0 amide bonds. The van der Waals surface area contributed by atoms with Crippen molar-refractivity contribution in [3.8, 4) is 6.07 Å². The van der Waals surface area contributed by atoms with Crippen molar-refractivity contribution in [2.24, 2.45) is 0 Å². The van der Waals surface area contributed by atoms with E-state index in [9.17, 15) is 10.1 Å². The lowest BCUT2D eigenvalue weighted by molar-refractivity contribution is -0.118. The molecule has 0 aliphatic carbocycles. The lowest BCUT2D eigenvalue weighted by Crippen LogP contribution is -2.08. The van der Waals surface area contributed by atoms with Crippen LogP contribution in [0.5, 0.6) is 0 Å². The molecule has 22 heavy (non-hydrogen) atoms. The highest BCUT2D eigenvalue weighted by Crippen LogP contribution is 2.20. The minimum atomic E-state index is -0.358. The van der Waals surface area contributed by atoms with Crippen molar-refractivity contribution in [1.82, 2.24) is 0 Å². The number of nitriles is 1. The topological polar surface area (TPSA) is 40.9 Å². The molecule has 0 fully saturated rings. The minimum Gasteiger partial charge on any atom is -0.299 e. The van der Waals surface area contributed by atoms with E-state index in [-0.39, 0.29) is 18.1 Å². The third kappa shape index (κ3) is 4.30. The summed E-state index contributed by atoms with van der Waals surface area (Å²) < 4.78 is 0. The Balaban J connectivity index is 1.99. The van der Waals surface area contributed by atoms with Crippen LogP contribution in [0.25, 0.3) is 0 Å². The highest BCUT2D eigenvalue weighted by Gasteiger charge is 2.15. The SMILES string of the molecule is CC(C)c1ccc(CC(=O)CC(C#N)c2ccccc2)cc1. The molecule has 0 saturated heterocycles. The molecule has 2 nitrogen and oxygen atoms in total. The van der Waals surface area contributed by atoms with Crippen LogP contribution < -0.4 is 0 Å². The van der Waals surface area contributed by atoms with E-state index in [1.807, 2.05) is 42.5 Å². The van der Waals surface area contributed by atoms with Gasteiger partial charge in [0.25, 0.3) is 0 Å². The summed E-state index contributed by atoms with van der Waals surface area (Å²) >= 11 is 0. The van der Waals surface area contributed by atoms with Gasteiger partial charge >= 0.3 is 0 Å². The quantitative estimate of drug-likeness (QED) is 0.779. The summed E-state index contributed by atoms with van der Waals surface area (Å²) in [6.07, 6.45) is 0.663. The van der Waals surface area contributed by atoms with E-state index in [1.54, 1.807) is 0 Å². The standard InChI is InChI=1S/C20H21NO/c1-15(2)17-10-8-16(9-11-17)12-20(22)13-19(14-21)18-6-4-3-5-7-18/h3-11,15,19H,12-13H2,1-2H3. The molecule has 2 heteroatoms. The van der Waals surface area contributed by atoms with E-state index in [1.165, 1.54) is 5.56 Å². The molecule has 0 radical (unpaired) electrons. The summed E-state index contributed by atoms with van der Waals surface area (Å²) in [5.74, 6) is 0.238. The fraction of sp³-hybridized carbons (Fsp3) is 0.300. The molecular weight excluding hydrogens is 270 g/mol. The van der Waals surface area contributed by atoms with E-state index < -0.39 is 0 Å². The fourth-order valence-electron chi connectivity index (χ4n) is 2.47. The predicted molar refractivity (Wildman–Crippen MR) is 88.7 cm³/mol. The van der Waals surface area contributed by atoms with E-state index in [0.717, 1.165) is 11.1 Å². The maximum absolute atomic E-state index is 12.2. The molecule has 0 spiro atoms. The number of hydrogen-bond donors (Lipinski definition) is 0. The van der Waals surface area contributed by atoms with Crippen LogP contribution in [-0.4, -0.2) is 5.78 Å². The predicted octanol–water partition coefficient (Wildman–Crippen LogP) is 4.62. The Bertz CT molecular complexity index is 650. The van der Waals surface area contributed by atoms with Crippen molar-refractivity contribution in [2.45, 2.75) is 38.5 Å². The molecule has 0 saturated carbocycles. The van der Waals surface area contributed by atoms with Crippen LogP contribution in [0.2, 0.25) is 0 Å². The molecule has 0 heterocycles. The van der Waals surface area contributed by atoms with Crippen LogP contribution in [0, 0.1) is 11.3 Å². The van der Waals surface area contributed by atoms with Gasteiger partial charge in [-0.25, -0.2) is 0 Å². The molecule has 112 valence electrons. The average molecular weight is 291 g/mol. The summed E-state index contributed by atoms with van der Waals surface area (Å²) in [7, 11) is 0. The van der Waals surface area contributed by atoms with Crippen LogP contribution in [0.1, 0.15) is 48.8 Å². The molecule has 2 aromatic carbocycles. The maximum atomic E-state index is 12.2. The third-order valence-electron chi connectivity index (χ3n) is 3.84. The summed E-state index contributed by atoms with van der Waals surface area (Å²) in [6, 6.07) is 19.9.